The van der Waals surface area contributed by atoms with Gasteiger partial charge in [0.15, 0.2) is 0 Å². The molecule has 1 fully saturated rings. The quantitative estimate of drug-likeness (QED) is 0.861. The molecule has 1 aromatic heterocycles. The zero-order chi connectivity index (χ0) is 20.1. The molecule has 28 heavy (non-hydrogen) atoms. The molecular formula is C21H25FN4O2. The van der Waals surface area contributed by atoms with Gasteiger partial charge in [-0.05, 0) is 49.7 Å². The molecule has 1 atom stereocenters. The van der Waals surface area contributed by atoms with E-state index in [1.807, 2.05) is 13.8 Å². The van der Waals surface area contributed by atoms with E-state index in [1.165, 1.54) is 12.1 Å². The van der Waals surface area contributed by atoms with Crippen LogP contribution in [0.15, 0.2) is 42.5 Å². The summed E-state index contributed by atoms with van der Waals surface area (Å²) in [6, 6.07) is 11.3. The lowest BCUT2D eigenvalue weighted by Gasteiger charge is -2.36. The smallest absolute Gasteiger partial charge is 0.272 e. The normalized spacial score (nSPS) is 15.2. The average molecular weight is 384 g/mol. The molecule has 148 valence electrons. The van der Waals surface area contributed by atoms with Crippen LogP contribution in [0.3, 0.4) is 0 Å². The first-order valence-corrected chi connectivity index (χ1v) is 9.55. The van der Waals surface area contributed by atoms with E-state index in [0.717, 1.165) is 12.1 Å². The molecule has 0 radical (unpaired) electrons. The second kappa shape index (κ2) is 8.82. The molecule has 6 nitrogen and oxygen atoms in total. The minimum absolute atomic E-state index is 0.0493. The Morgan fingerprint density at radius 2 is 1.71 bits per heavy atom. The van der Waals surface area contributed by atoms with Crippen molar-refractivity contribution in [3.05, 3.63) is 59.7 Å². The van der Waals surface area contributed by atoms with Gasteiger partial charge < -0.3 is 15.1 Å². The molecule has 3 rings (SSSR count). The van der Waals surface area contributed by atoms with Gasteiger partial charge in [-0.2, -0.15) is 0 Å². The van der Waals surface area contributed by atoms with E-state index in [2.05, 4.69) is 15.2 Å². The van der Waals surface area contributed by atoms with Crippen molar-refractivity contribution in [2.75, 3.05) is 31.1 Å². The maximum Gasteiger partial charge on any atom is 0.272 e. The number of carbonyl (C=O) groups excluding carboxylic acids is 2. The van der Waals surface area contributed by atoms with Crippen molar-refractivity contribution >= 4 is 17.5 Å². The fraction of sp³-hybridized carbons (Fsp3) is 0.381. The molecule has 2 aromatic rings. The predicted molar refractivity (Wildman–Crippen MR) is 106 cm³/mol. The first-order valence-electron chi connectivity index (χ1n) is 9.55. The highest BCUT2D eigenvalue weighted by molar-refractivity contribution is 5.96. The van der Waals surface area contributed by atoms with Crippen LogP contribution in [-0.4, -0.2) is 53.9 Å². The lowest BCUT2D eigenvalue weighted by atomic mass is 10.2. The molecule has 2 amide bonds. The van der Waals surface area contributed by atoms with Crippen molar-refractivity contribution in [2.24, 2.45) is 0 Å². The lowest BCUT2D eigenvalue weighted by Crippen LogP contribution is -2.49. The topological polar surface area (TPSA) is 65.5 Å². The number of pyridine rings is 1. The number of rotatable bonds is 5. The number of carbonyl (C=O) groups is 2. The highest BCUT2D eigenvalue weighted by atomic mass is 19.1. The third-order valence-electron chi connectivity index (χ3n) is 4.95. The summed E-state index contributed by atoms with van der Waals surface area (Å²) in [6.45, 7) is 6.32. The van der Waals surface area contributed by atoms with E-state index >= 15 is 0 Å². The molecule has 1 N–H and O–H groups in total. The summed E-state index contributed by atoms with van der Waals surface area (Å²) in [5, 5.41) is 2.86. The van der Waals surface area contributed by atoms with Gasteiger partial charge in [-0.25, -0.2) is 9.37 Å². The van der Waals surface area contributed by atoms with Crippen LogP contribution in [-0.2, 0) is 0 Å². The highest BCUT2D eigenvalue weighted by Crippen LogP contribution is 2.17. The van der Waals surface area contributed by atoms with Crippen LogP contribution in [0.4, 0.5) is 10.1 Å². The van der Waals surface area contributed by atoms with Gasteiger partial charge in [0.1, 0.15) is 17.2 Å². The third-order valence-corrected chi connectivity index (χ3v) is 4.95. The Hall–Kier alpha value is -2.96. The van der Waals surface area contributed by atoms with E-state index < -0.39 is 0 Å². The van der Waals surface area contributed by atoms with E-state index in [1.54, 1.807) is 35.2 Å². The van der Waals surface area contributed by atoms with Crippen molar-refractivity contribution in [3.63, 3.8) is 0 Å². The fourth-order valence-corrected chi connectivity index (χ4v) is 3.06. The molecule has 0 aliphatic carbocycles. The zero-order valence-corrected chi connectivity index (χ0v) is 16.2. The van der Waals surface area contributed by atoms with Crippen molar-refractivity contribution in [2.45, 2.75) is 26.3 Å². The molecule has 1 saturated heterocycles. The number of anilines is 1. The Morgan fingerprint density at radius 1 is 1.07 bits per heavy atom. The van der Waals surface area contributed by atoms with Gasteiger partial charge in [-0.15, -0.1) is 0 Å². The number of piperazine rings is 1. The summed E-state index contributed by atoms with van der Waals surface area (Å²) in [5.74, 6) is -0.719. The SMILES string of the molecule is CCC(C)NC(=O)c1cccc(C(=O)N2CCN(c3ccc(F)cc3)CC2)n1. The minimum atomic E-state index is -0.273. The Morgan fingerprint density at radius 3 is 2.36 bits per heavy atom. The maximum absolute atomic E-state index is 13.1. The van der Waals surface area contributed by atoms with Crippen LogP contribution in [0.5, 0.6) is 0 Å². The maximum atomic E-state index is 13.1. The number of nitrogens with one attached hydrogen (secondary N) is 1. The number of aromatic nitrogens is 1. The lowest BCUT2D eigenvalue weighted by molar-refractivity contribution is 0.0740. The zero-order valence-electron chi connectivity index (χ0n) is 16.2. The van der Waals surface area contributed by atoms with Crippen molar-refractivity contribution in [1.29, 1.82) is 0 Å². The Balaban J connectivity index is 1.63. The Bertz CT molecular complexity index is 833. The van der Waals surface area contributed by atoms with Gasteiger partial charge in [-0.3, -0.25) is 9.59 Å². The van der Waals surface area contributed by atoms with Crippen molar-refractivity contribution in [1.82, 2.24) is 15.2 Å². The van der Waals surface area contributed by atoms with Crippen LogP contribution in [0, 0.1) is 5.82 Å². The second-order valence-electron chi connectivity index (χ2n) is 6.95. The monoisotopic (exact) mass is 384 g/mol. The van der Waals surface area contributed by atoms with E-state index in [4.69, 9.17) is 0 Å². The Labute approximate surface area is 164 Å². The first kappa shape index (κ1) is 19.8. The molecule has 1 unspecified atom stereocenters. The van der Waals surface area contributed by atoms with E-state index in [9.17, 15) is 14.0 Å². The van der Waals surface area contributed by atoms with E-state index in [-0.39, 0.29) is 35.1 Å². The van der Waals surface area contributed by atoms with Gasteiger partial charge in [0.2, 0.25) is 0 Å². The molecule has 2 heterocycles. The van der Waals surface area contributed by atoms with Gasteiger partial charge in [0.25, 0.3) is 11.8 Å². The van der Waals surface area contributed by atoms with Crippen LogP contribution >= 0.6 is 0 Å². The largest absolute Gasteiger partial charge is 0.368 e. The summed E-state index contributed by atoms with van der Waals surface area (Å²) in [7, 11) is 0. The van der Waals surface area contributed by atoms with Crippen molar-refractivity contribution < 1.29 is 14.0 Å². The molecule has 1 aromatic carbocycles. The van der Waals surface area contributed by atoms with Gasteiger partial charge in [0, 0.05) is 37.9 Å². The minimum Gasteiger partial charge on any atom is -0.368 e. The highest BCUT2D eigenvalue weighted by Gasteiger charge is 2.24. The number of halogens is 1. The van der Waals surface area contributed by atoms with Gasteiger partial charge in [0.05, 0.1) is 0 Å². The fourth-order valence-electron chi connectivity index (χ4n) is 3.06. The standard InChI is InChI=1S/C21H25FN4O2/c1-3-15(2)23-20(27)18-5-4-6-19(24-18)21(28)26-13-11-25(12-14-26)17-9-7-16(22)8-10-17/h4-10,15H,3,11-14H2,1-2H3,(H,23,27). The number of hydrogen-bond acceptors (Lipinski definition) is 4. The van der Waals surface area contributed by atoms with E-state index in [0.29, 0.717) is 26.2 Å². The summed E-state index contributed by atoms with van der Waals surface area (Å²) in [6.07, 6.45) is 0.822. The summed E-state index contributed by atoms with van der Waals surface area (Å²) >= 11 is 0. The molecule has 0 spiro atoms. The van der Waals surface area contributed by atoms with Crippen LogP contribution in [0.25, 0.3) is 0 Å². The first-order chi connectivity index (χ1) is 13.5. The van der Waals surface area contributed by atoms with Crippen molar-refractivity contribution in [3.8, 4) is 0 Å². The molecule has 7 heteroatoms. The average Bonchev–Trinajstić information content (AvgIpc) is 2.74. The van der Waals surface area contributed by atoms with Gasteiger partial charge in [-0.1, -0.05) is 13.0 Å². The third kappa shape index (κ3) is 4.65. The molecular weight excluding hydrogens is 359 g/mol. The summed E-state index contributed by atoms with van der Waals surface area (Å²) in [5.41, 5.74) is 1.46. The molecule has 1 aliphatic rings. The Kier molecular flexibility index (Phi) is 6.23. The summed E-state index contributed by atoms with van der Waals surface area (Å²) < 4.78 is 13.1. The number of benzene rings is 1. The van der Waals surface area contributed by atoms with Gasteiger partial charge >= 0.3 is 0 Å². The molecule has 1 aliphatic heterocycles. The van der Waals surface area contributed by atoms with Crippen LogP contribution in [0.1, 0.15) is 41.2 Å². The number of nitrogens with zero attached hydrogens (tertiary/aromatic N) is 3. The number of hydrogen-bond donors (Lipinski definition) is 1. The van der Waals surface area contributed by atoms with Crippen LogP contribution in [0.2, 0.25) is 0 Å². The molecule has 0 bridgehead atoms. The molecule has 0 saturated carbocycles. The number of amides is 2. The van der Waals surface area contributed by atoms with Crippen LogP contribution < -0.4 is 10.2 Å². The second-order valence-corrected chi connectivity index (χ2v) is 6.95. The predicted octanol–water partition coefficient (Wildman–Crippen LogP) is 2.71. The summed E-state index contributed by atoms with van der Waals surface area (Å²) in [4.78, 5) is 33.2.